The van der Waals surface area contributed by atoms with Crippen LogP contribution in [0.3, 0.4) is 0 Å². The lowest BCUT2D eigenvalue weighted by Crippen LogP contribution is -2.06. The molecule has 0 heterocycles. The van der Waals surface area contributed by atoms with Crippen LogP contribution in [0.5, 0.6) is 5.75 Å². The Morgan fingerprint density at radius 2 is 1.73 bits per heavy atom. The SMILES string of the molecule is C#Cc1cc(C#C)c(OCCCCC(=O)OCC)c(C#C)c1. The molecule has 0 saturated heterocycles. The summed E-state index contributed by atoms with van der Waals surface area (Å²) in [5, 5.41) is 0. The zero-order valence-corrected chi connectivity index (χ0v) is 12.6. The molecule has 1 aromatic rings. The Balaban J connectivity index is 2.63. The minimum atomic E-state index is -0.200. The van der Waals surface area contributed by atoms with Crippen LogP contribution in [0, 0.1) is 37.0 Å². The molecule has 1 aromatic carbocycles. The van der Waals surface area contributed by atoms with Gasteiger partial charge in [-0.25, -0.2) is 0 Å². The van der Waals surface area contributed by atoms with Crippen LogP contribution >= 0.6 is 0 Å². The molecule has 0 radical (unpaired) electrons. The van der Waals surface area contributed by atoms with Gasteiger partial charge in [0.1, 0.15) is 0 Å². The van der Waals surface area contributed by atoms with Crippen molar-refractivity contribution in [3.8, 4) is 42.8 Å². The monoisotopic (exact) mass is 294 g/mol. The van der Waals surface area contributed by atoms with Gasteiger partial charge in [-0.2, -0.15) is 0 Å². The Morgan fingerprint density at radius 1 is 1.09 bits per heavy atom. The van der Waals surface area contributed by atoms with Gasteiger partial charge in [-0.1, -0.05) is 17.8 Å². The Labute approximate surface area is 132 Å². The molecule has 112 valence electrons. The topological polar surface area (TPSA) is 35.5 Å². The van der Waals surface area contributed by atoms with Crippen molar-refractivity contribution in [2.24, 2.45) is 0 Å². The molecule has 0 N–H and O–H groups in total. The molecule has 0 saturated carbocycles. The first-order chi connectivity index (χ1) is 10.7. The molecular weight excluding hydrogens is 276 g/mol. The number of hydrogen-bond donors (Lipinski definition) is 0. The summed E-state index contributed by atoms with van der Waals surface area (Å²) in [5.41, 5.74) is 1.69. The molecular formula is C19H18O3. The lowest BCUT2D eigenvalue weighted by atomic mass is 10.0. The van der Waals surface area contributed by atoms with Gasteiger partial charge in [0.15, 0.2) is 5.75 Å². The van der Waals surface area contributed by atoms with Crippen molar-refractivity contribution < 1.29 is 14.3 Å². The highest BCUT2D eigenvalue weighted by atomic mass is 16.5. The van der Waals surface area contributed by atoms with Crippen molar-refractivity contribution in [2.45, 2.75) is 26.2 Å². The number of carbonyl (C=O) groups excluding carboxylic acids is 1. The number of unbranched alkanes of at least 4 members (excludes halogenated alkanes) is 1. The van der Waals surface area contributed by atoms with Crippen LogP contribution in [-0.2, 0) is 9.53 Å². The van der Waals surface area contributed by atoms with Gasteiger partial charge in [0.05, 0.1) is 24.3 Å². The van der Waals surface area contributed by atoms with Crippen LogP contribution in [0.2, 0.25) is 0 Å². The number of carbonyl (C=O) groups is 1. The van der Waals surface area contributed by atoms with E-state index >= 15 is 0 Å². The predicted octanol–water partition coefficient (Wildman–Crippen LogP) is 2.74. The van der Waals surface area contributed by atoms with Gasteiger partial charge >= 0.3 is 5.97 Å². The maximum absolute atomic E-state index is 11.2. The quantitative estimate of drug-likeness (QED) is 0.441. The van der Waals surface area contributed by atoms with E-state index in [2.05, 4.69) is 17.8 Å². The van der Waals surface area contributed by atoms with Crippen LogP contribution in [0.15, 0.2) is 12.1 Å². The Bertz CT molecular complexity index is 616. The maximum atomic E-state index is 11.2. The molecule has 0 aromatic heterocycles. The third kappa shape index (κ3) is 4.93. The van der Waals surface area contributed by atoms with Gasteiger partial charge in [0, 0.05) is 12.0 Å². The highest BCUT2D eigenvalue weighted by Crippen LogP contribution is 2.25. The first kappa shape index (κ1) is 17.2. The van der Waals surface area contributed by atoms with Gasteiger partial charge < -0.3 is 9.47 Å². The van der Waals surface area contributed by atoms with E-state index in [1.807, 2.05) is 0 Å². The fourth-order valence-corrected chi connectivity index (χ4v) is 1.86. The third-order valence-corrected chi connectivity index (χ3v) is 2.89. The molecule has 22 heavy (non-hydrogen) atoms. The Hall–Kier alpha value is -2.83. The summed E-state index contributed by atoms with van der Waals surface area (Å²) in [6, 6.07) is 3.38. The van der Waals surface area contributed by atoms with E-state index < -0.39 is 0 Å². The molecule has 0 aliphatic heterocycles. The molecule has 0 spiro atoms. The largest absolute Gasteiger partial charge is 0.491 e. The van der Waals surface area contributed by atoms with Crippen LogP contribution in [-0.4, -0.2) is 19.2 Å². The van der Waals surface area contributed by atoms with E-state index in [0.29, 0.717) is 54.9 Å². The van der Waals surface area contributed by atoms with Gasteiger partial charge in [0.25, 0.3) is 0 Å². The van der Waals surface area contributed by atoms with E-state index in [0.717, 1.165) is 0 Å². The minimum Gasteiger partial charge on any atom is -0.491 e. The zero-order chi connectivity index (χ0) is 16.4. The molecule has 0 bridgehead atoms. The average molecular weight is 294 g/mol. The summed E-state index contributed by atoms with van der Waals surface area (Å²) in [7, 11) is 0. The molecule has 0 unspecified atom stereocenters. The number of hydrogen-bond acceptors (Lipinski definition) is 3. The smallest absolute Gasteiger partial charge is 0.305 e. The molecule has 0 aliphatic carbocycles. The highest BCUT2D eigenvalue weighted by Gasteiger charge is 2.09. The van der Waals surface area contributed by atoms with Gasteiger partial charge in [-0.05, 0) is 31.9 Å². The van der Waals surface area contributed by atoms with E-state index in [1.54, 1.807) is 19.1 Å². The molecule has 1 rings (SSSR count). The number of terminal acetylenes is 3. The van der Waals surface area contributed by atoms with Crippen LogP contribution in [0.4, 0.5) is 0 Å². The van der Waals surface area contributed by atoms with Crippen LogP contribution in [0.1, 0.15) is 42.9 Å². The van der Waals surface area contributed by atoms with Crippen molar-refractivity contribution >= 4 is 5.97 Å². The summed E-state index contributed by atoms with van der Waals surface area (Å²) in [6.07, 6.45) is 18.1. The normalized spacial score (nSPS) is 9.18. The number of esters is 1. The second-order valence-corrected chi connectivity index (χ2v) is 4.44. The maximum Gasteiger partial charge on any atom is 0.305 e. The lowest BCUT2D eigenvalue weighted by molar-refractivity contribution is -0.143. The molecule has 3 nitrogen and oxygen atoms in total. The Morgan fingerprint density at radius 3 is 2.23 bits per heavy atom. The molecule has 0 amide bonds. The van der Waals surface area contributed by atoms with E-state index in [9.17, 15) is 4.79 Å². The van der Waals surface area contributed by atoms with E-state index in [4.69, 9.17) is 28.7 Å². The molecule has 0 fully saturated rings. The standard InChI is InChI=1S/C19H18O3/c1-5-15-13-16(6-2)19(17(7-3)14-15)22-12-10-9-11-18(20)21-8-4/h1-3,13-14H,8-12H2,4H3. The number of rotatable bonds is 7. The van der Waals surface area contributed by atoms with Gasteiger partial charge in [-0.3, -0.25) is 4.79 Å². The summed E-state index contributed by atoms with van der Waals surface area (Å²) in [6.45, 7) is 2.59. The Kier molecular flexibility index (Phi) is 7.18. The average Bonchev–Trinajstić information content (AvgIpc) is 2.54. The number of benzene rings is 1. The van der Waals surface area contributed by atoms with Crippen molar-refractivity contribution in [1.29, 1.82) is 0 Å². The zero-order valence-electron chi connectivity index (χ0n) is 12.6. The minimum absolute atomic E-state index is 0.200. The third-order valence-electron chi connectivity index (χ3n) is 2.89. The fourth-order valence-electron chi connectivity index (χ4n) is 1.86. The van der Waals surface area contributed by atoms with Crippen molar-refractivity contribution in [3.05, 3.63) is 28.8 Å². The first-order valence-corrected chi connectivity index (χ1v) is 7.02. The summed E-state index contributed by atoms with van der Waals surface area (Å²) >= 11 is 0. The van der Waals surface area contributed by atoms with Crippen LogP contribution in [0.25, 0.3) is 0 Å². The fraction of sp³-hybridized carbons (Fsp3) is 0.316. The second kappa shape index (κ2) is 9.17. The van der Waals surface area contributed by atoms with Crippen molar-refractivity contribution in [3.63, 3.8) is 0 Å². The first-order valence-electron chi connectivity index (χ1n) is 7.02. The van der Waals surface area contributed by atoms with Gasteiger partial charge in [0.2, 0.25) is 0 Å². The second-order valence-electron chi connectivity index (χ2n) is 4.44. The van der Waals surface area contributed by atoms with Crippen LogP contribution < -0.4 is 4.74 Å². The number of ether oxygens (including phenoxy) is 2. The molecule has 0 atom stereocenters. The summed E-state index contributed by atoms with van der Waals surface area (Å²) in [5.74, 6) is 7.85. The van der Waals surface area contributed by atoms with Crippen molar-refractivity contribution in [2.75, 3.05) is 13.2 Å². The predicted molar refractivity (Wildman–Crippen MR) is 86.2 cm³/mol. The van der Waals surface area contributed by atoms with Crippen molar-refractivity contribution in [1.82, 2.24) is 0 Å². The van der Waals surface area contributed by atoms with Gasteiger partial charge in [-0.15, -0.1) is 19.3 Å². The summed E-state index contributed by atoms with van der Waals surface area (Å²) in [4.78, 5) is 11.2. The molecule has 3 heteroatoms. The van der Waals surface area contributed by atoms with E-state index in [1.165, 1.54) is 0 Å². The lowest BCUT2D eigenvalue weighted by Gasteiger charge is -2.11. The van der Waals surface area contributed by atoms with E-state index in [-0.39, 0.29) is 5.97 Å². The highest BCUT2D eigenvalue weighted by molar-refractivity contribution is 5.69. The molecule has 0 aliphatic rings. The summed E-state index contributed by atoms with van der Waals surface area (Å²) < 4.78 is 10.5.